The van der Waals surface area contributed by atoms with E-state index in [-0.39, 0.29) is 42.3 Å². The maximum Gasteiger partial charge on any atom is 0.223 e. The normalized spacial score (nSPS) is 16.9. The van der Waals surface area contributed by atoms with E-state index in [0.29, 0.717) is 12.8 Å². The number of amides is 1. The van der Waals surface area contributed by atoms with Gasteiger partial charge in [-0.2, -0.15) is 0 Å². The van der Waals surface area contributed by atoms with Crippen LogP contribution in [0.4, 0.5) is 4.39 Å². The monoisotopic (exact) mass is 432 g/mol. The Morgan fingerprint density at radius 3 is 2.37 bits per heavy atom. The summed E-state index contributed by atoms with van der Waals surface area (Å²) in [5.41, 5.74) is 2.41. The van der Waals surface area contributed by atoms with Crippen LogP contribution in [-0.4, -0.2) is 31.7 Å². The molecule has 0 aliphatic carbocycles. The molecular weight excluding hydrogens is 403 g/mol. The van der Waals surface area contributed by atoms with Crippen LogP contribution in [0.5, 0.6) is 0 Å². The Balaban J connectivity index is 1.57. The summed E-state index contributed by atoms with van der Waals surface area (Å²) in [6.07, 6.45) is 1.71. The van der Waals surface area contributed by atoms with E-state index < -0.39 is 15.8 Å². The van der Waals surface area contributed by atoms with Crippen molar-refractivity contribution in [1.29, 1.82) is 0 Å². The first-order valence-corrected chi connectivity index (χ1v) is 12.0. The first kappa shape index (κ1) is 22.4. The molecule has 1 saturated heterocycles. The number of nitrogens with one attached hydrogen (secondary N) is 1. The number of piperidine rings is 1. The predicted octanol–water partition coefficient (Wildman–Crippen LogP) is 3.94. The zero-order valence-electron chi connectivity index (χ0n) is 17.5. The standard InChI is InChI=1S/C23H29FN2O3S/c1-3-22(18-10-8-17(2)9-11-18)25-23(27)19-12-14-26(15-13-19)30(28,29)16-20-6-4-5-7-21(20)24/h4-11,19,22H,3,12-16H2,1-2H3,(H,25,27)/t22-/m0/s1. The van der Waals surface area contributed by atoms with E-state index in [4.69, 9.17) is 0 Å². The lowest BCUT2D eigenvalue weighted by atomic mass is 9.95. The Morgan fingerprint density at radius 2 is 1.77 bits per heavy atom. The molecule has 5 nitrogen and oxygen atoms in total. The summed E-state index contributed by atoms with van der Waals surface area (Å²) in [5, 5.41) is 3.12. The van der Waals surface area contributed by atoms with Crippen molar-refractivity contribution in [1.82, 2.24) is 9.62 Å². The van der Waals surface area contributed by atoms with E-state index in [2.05, 4.69) is 5.32 Å². The van der Waals surface area contributed by atoms with Gasteiger partial charge in [-0.1, -0.05) is 55.0 Å². The zero-order valence-corrected chi connectivity index (χ0v) is 18.3. The molecular formula is C23H29FN2O3S. The number of aryl methyl sites for hydroxylation is 1. The Kier molecular flexibility index (Phi) is 7.26. The van der Waals surface area contributed by atoms with E-state index in [9.17, 15) is 17.6 Å². The number of carbonyl (C=O) groups excluding carboxylic acids is 1. The maximum atomic E-state index is 13.8. The van der Waals surface area contributed by atoms with Gasteiger partial charge in [0.2, 0.25) is 15.9 Å². The van der Waals surface area contributed by atoms with Crippen molar-refractivity contribution in [3.63, 3.8) is 0 Å². The van der Waals surface area contributed by atoms with Gasteiger partial charge in [0.1, 0.15) is 5.82 Å². The third kappa shape index (κ3) is 5.46. The summed E-state index contributed by atoms with van der Waals surface area (Å²) in [6, 6.07) is 14.0. The van der Waals surface area contributed by atoms with E-state index in [1.54, 1.807) is 6.07 Å². The summed E-state index contributed by atoms with van der Waals surface area (Å²) in [4.78, 5) is 12.8. The number of hydrogen-bond acceptors (Lipinski definition) is 3. The molecule has 3 rings (SSSR count). The highest BCUT2D eigenvalue weighted by molar-refractivity contribution is 7.88. The van der Waals surface area contributed by atoms with E-state index in [1.165, 1.54) is 28.1 Å². The van der Waals surface area contributed by atoms with Gasteiger partial charge in [-0.15, -0.1) is 0 Å². The van der Waals surface area contributed by atoms with Crippen LogP contribution in [0.25, 0.3) is 0 Å². The predicted molar refractivity (Wildman–Crippen MR) is 116 cm³/mol. The fourth-order valence-electron chi connectivity index (χ4n) is 3.81. The molecule has 30 heavy (non-hydrogen) atoms. The Morgan fingerprint density at radius 1 is 1.13 bits per heavy atom. The smallest absolute Gasteiger partial charge is 0.223 e. The zero-order chi connectivity index (χ0) is 21.7. The SMILES string of the molecule is CC[C@H](NC(=O)C1CCN(S(=O)(=O)Cc2ccccc2F)CC1)c1ccc(C)cc1. The molecule has 2 aromatic rings. The molecule has 162 valence electrons. The molecule has 1 amide bonds. The molecule has 0 radical (unpaired) electrons. The molecule has 0 saturated carbocycles. The Bertz CT molecular complexity index is 968. The van der Waals surface area contributed by atoms with Gasteiger partial charge in [-0.25, -0.2) is 17.1 Å². The first-order chi connectivity index (χ1) is 14.3. The lowest BCUT2D eigenvalue weighted by Crippen LogP contribution is -2.44. The number of nitrogens with zero attached hydrogens (tertiary/aromatic N) is 1. The van der Waals surface area contributed by atoms with Gasteiger partial charge < -0.3 is 5.32 Å². The van der Waals surface area contributed by atoms with Crippen LogP contribution in [0.1, 0.15) is 48.9 Å². The molecule has 2 aromatic carbocycles. The minimum Gasteiger partial charge on any atom is -0.349 e. The first-order valence-electron chi connectivity index (χ1n) is 10.4. The molecule has 1 aliphatic rings. The van der Waals surface area contributed by atoms with Gasteiger partial charge in [0, 0.05) is 24.6 Å². The van der Waals surface area contributed by atoms with Gasteiger partial charge in [-0.05, 0) is 37.8 Å². The van der Waals surface area contributed by atoms with Gasteiger partial charge in [0.15, 0.2) is 0 Å². The van der Waals surface area contributed by atoms with E-state index in [1.807, 2.05) is 38.1 Å². The summed E-state index contributed by atoms with van der Waals surface area (Å²) >= 11 is 0. The highest BCUT2D eigenvalue weighted by Crippen LogP contribution is 2.24. The molecule has 0 bridgehead atoms. The van der Waals surface area contributed by atoms with Crippen molar-refractivity contribution < 1.29 is 17.6 Å². The number of sulfonamides is 1. The maximum absolute atomic E-state index is 13.8. The fraction of sp³-hybridized carbons (Fsp3) is 0.435. The van der Waals surface area contributed by atoms with Gasteiger partial charge >= 0.3 is 0 Å². The van der Waals surface area contributed by atoms with E-state index in [0.717, 1.165) is 12.0 Å². The second kappa shape index (κ2) is 9.71. The third-order valence-electron chi connectivity index (χ3n) is 5.72. The average Bonchev–Trinajstić information content (AvgIpc) is 2.74. The average molecular weight is 433 g/mol. The minimum absolute atomic E-state index is 0.0337. The molecule has 0 unspecified atom stereocenters. The minimum atomic E-state index is -3.62. The number of carbonyl (C=O) groups is 1. The van der Waals surface area contributed by atoms with Crippen LogP contribution in [0.2, 0.25) is 0 Å². The second-order valence-corrected chi connectivity index (χ2v) is 9.87. The molecule has 1 atom stereocenters. The van der Waals surface area contributed by atoms with Crippen LogP contribution in [0, 0.1) is 18.7 Å². The van der Waals surface area contributed by atoms with Crippen molar-refractivity contribution in [2.24, 2.45) is 5.92 Å². The van der Waals surface area contributed by atoms with Gasteiger partial charge in [0.05, 0.1) is 11.8 Å². The Hall–Kier alpha value is -2.25. The van der Waals surface area contributed by atoms with Crippen LogP contribution in [0.15, 0.2) is 48.5 Å². The van der Waals surface area contributed by atoms with Crippen LogP contribution in [-0.2, 0) is 20.6 Å². The number of hydrogen-bond donors (Lipinski definition) is 1. The molecule has 1 fully saturated rings. The van der Waals surface area contributed by atoms with Crippen molar-refractivity contribution in [3.8, 4) is 0 Å². The van der Waals surface area contributed by atoms with Crippen molar-refractivity contribution in [2.45, 2.75) is 44.9 Å². The number of halogens is 1. The number of rotatable bonds is 7. The summed E-state index contributed by atoms with van der Waals surface area (Å²) in [5.74, 6) is -1.13. The molecule has 0 aromatic heterocycles. The summed E-state index contributed by atoms with van der Waals surface area (Å²) in [7, 11) is -3.62. The van der Waals surface area contributed by atoms with Gasteiger partial charge in [0.25, 0.3) is 0 Å². The van der Waals surface area contributed by atoms with Crippen LogP contribution in [0.3, 0.4) is 0 Å². The lowest BCUT2D eigenvalue weighted by Gasteiger charge is -2.31. The molecule has 1 aliphatic heterocycles. The van der Waals surface area contributed by atoms with E-state index >= 15 is 0 Å². The quantitative estimate of drug-likeness (QED) is 0.721. The number of benzene rings is 2. The highest BCUT2D eigenvalue weighted by Gasteiger charge is 2.32. The topological polar surface area (TPSA) is 66.5 Å². The second-order valence-electron chi connectivity index (χ2n) is 7.90. The molecule has 1 heterocycles. The third-order valence-corrected chi connectivity index (χ3v) is 7.55. The highest BCUT2D eigenvalue weighted by atomic mass is 32.2. The van der Waals surface area contributed by atoms with Crippen molar-refractivity contribution in [3.05, 3.63) is 71.0 Å². The van der Waals surface area contributed by atoms with Crippen molar-refractivity contribution >= 4 is 15.9 Å². The van der Waals surface area contributed by atoms with Gasteiger partial charge in [-0.3, -0.25) is 4.79 Å². The molecule has 0 spiro atoms. The largest absolute Gasteiger partial charge is 0.349 e. The molecule has 7 heteroatoms. The van der Waals surface area contributed by atoms with Crippen molar-refractivity contribution in [2.75, 3.05) is 13.1 Å². The Labute approximate surface area is 178 Å². The fourth-order valence-corrected chi connectivity index (χ4v) is 5.39. The summed E-state index contributed by atoms with van der Waals surface area (Å²) in [6.45, 7) is 4.60. The summed E-state index contributed by atoms with van der Waals surface area (Å²) < 4.78 is 40.6. The lowest BCUT2D eigenvalue weighted by molar-refractivity contribution is -0.126. The van der Waals surface area contributed by atoms with Crippen LogP contribution < -0.4 is 5.32 Å². The van der Waals surface area contributed by atoms with Crippen LogP contribution >= 0.6 is 0 Å². The molecule has 1 N–H and O–H groups in total.